The smallest absolute Gasteiger partial charge is 0.265 e. The van der Waals surface area contributed by atoms with Gasteiger partial charge in [0.2, 0.25) is 5.89 Å². The van der Waals surface area contributed by atoms with Gasteiger partial charge in [-0.2, -0.15) is 4.98 Å². The van der Waals surface area contributed by atoms with Crippen molar-refractivity contribution < 1.29 is 14.0 Å². The first-order valence-corrected chi connectivity index (χ1v) is 8.19. The highest BCUT2D eigenvalue weighted by Crippen LogP contribution is 2.28. The molecule has 1 atom stereocenters. The average Bonchev–Trinajstić information content (AvgIpc) is 3.06. The summed E-state index contributed by atoms with van der Waals surface area (Å²) < 4.78 is 18.3. The fourth-order valence-electron chi connectivity index (χ4n) is 2.97. The zero-order chi connectivity index (χ0) is 17.1. The van der Waals surface area contributed by atoms with Crippen LogP contribution in [0.25, 0.3) is 0 Å². The van der Waals surface area contributed by atoms with Gasteiger partial charge in [0.05, 0.1) is 6.10 Å². The topological polar surface area (TPSA) is 65.6 Å². The molecule has 0 saturated carbocycles. The van der Waals surface area contributed by atoms with Crippen LogP contribution >= 0.6 is 0 Å². The quantitative estimate of drug-likeness (QED) is 0.904. The van der Waals surface area contributed by atoms with E-state index in [0.717, 1.165) is 31.5 Å². The Hall–Kier alpha value is -1.99. The number of aliphatic hydroxyl groups is 1. The molecule has 24 heavy (non-hydrogen) atoms. The van der Waals surface area contributed by atoms with Crippen molar-refractivity contribution in [3.05, 3.63) is 41.5 Å². The molecular weight excluding hydrogens is 311 g/mol. The summed E-state index contributed by atoms with van der Waals surface area (Å²) >= 11 is 0. The number of aliphatic hydroxyl groups excluding tert-OH is 1. The van der Waals surface area contributed by atoms with Gasteiger partial charge in [0.25, 0.3) is 5.95 Å². The summed E-state index contributed by atoms with van der Waals surface area (Å²) in [6.45, 7) is 2.27. The SMILES string of the molecule is CN(C)c1noc(C2CCN(C[C@H](O)c3ccc(F)cc3)CC2)n1. The lowest BCUT2D eigenvalue weighted by molar-refractivity contribution is 0.0941. The summed E-state index contributed by atoms with van der Waals surface area (Å²) in [7, 11) is 3.77. The maximum absolute atomic E-state index is 12.9. The number of nitrogens with zero attached hydrogens (tertiary/aromatic N) is 4. The minimum atomic E-state index is -0.606. The van der Waals surface area contributed by atoms with Crippen molar-refractivity contribution in [1.82, 2.24) is 15.0 Å². The molecule has 0 amide bonds. The third-order valence-electron chi connectivity index (χ3n) is 4.45. The van der Waals surface area contributed by atoms with Crippen LogP contribution in [0.2, 0.25) is 0 Å². The van der Waals surface area contributed by atoms with Crippen molar-refractivity contribution in [2.24, 2.45) is 0 Å². The molecule has 0 aliphatic carbocycles. The first-order chi connectivity index (χ1) is 11.5. The Labute approximate surface area is 140 Å². The van der Waals surface area contributed by atoms with Gasteiger partial charge in [0.1, 0.15) is 5.82 Å². The number of β-amino-alcohol motifs (C(OH)–C–C–N with tert-alkyl or cyclic N) is 1. The number of hydrogen-bond acceptors (Lipinski definition) is 6. The third kappa shape index (κ3) is 3.91. The molecule has 1 aromatic carbocycles. The lowest BCUT2D eigenvalue weighted by Crippen LogP contribution is -2.36. The molecule has 3 rings (SSSR count). The molecule has 0 bridgehead atoms. The van der Waals surface area contributed by atoms with E-state index in [1.54, 1.807) is 12.1 Å². The zero-order valence-electron chi connectivity index (χ0n) is 14.0. The first-order valence-electron chi connectivity index (χ1n) is 8.19. The van der Waals surface area contributed by atoms with Gasteiger partial charge in [0.15, 0.2) is 0 Å². The van der Waals surface area contributed by atoms with Crippen molar-refractivity contribution in [3.63, 3.8) is 0 Å². The Balaban J connectivity index is 1.52. The fourth-order valence-corrected chi connectivity index (χ4v) is 2.97. The normalized spacial score (nSPS) is 17.8. The highest BCUT2D eigenvalue weighted by Gasteiger charge is 2.26. The Morgan fingerprint density at radius 2 is 1.96 bits per heavy atom. The van der Waals surface area contributed by atoms with Gasteiger partial charge in [0, 0.05) is 26.6 Å². The van der Waals surface area contributed by atoms with E-state index in [9.17, 15) is 9.50 Å². The van der Waals surface area contributed by atoms with Crippen molar-refractivity contribution in [3.8, 4) is 0 Å². The first kappa shape index (κ1) is 16.9. The van der Waals surface area contributed by atoms with Crippen LogP contribution in [0.3, 0.4) is 0 Å². The zero-order valence-corrected chi connectivity index (χ0v) is 14.0. The molecule has 1 aromatic heterocycles. The Morgan fingerprint density at radius 1 is 1.29 bits per heavy atom. The number of benzene rings is 1. The van der Waals surface area contributed by atoms with E-state index in [0.29, 0.717) is 18.4 Å². The highest BCUT2D eigenvalue weighted by molar-refractivity contribution is 5.24. The largest absolute Gasteiger partial charge is 0.387 e. The van der Waals surface area contributed by atoms with Crippen LogP contribution < -0.4 is 4.90 Å². The molecule has 6 nitrogen and oxygen atoms in total. The molecule has 0 unspecified atom stereocenters. The molecule has 1 N–H and O–H groups in total. The van der Waals surface area contributed by atoms with E-state index in [2.05, 4.69) is 15.0 Å². The molecule has 130 valence electrons. The summed E-state index contributed by atoms with van der Waals surface area (Å²) in [5.74, 6) is 1.27. The van der Waals surface area contributed by atoms with Gasteiger partial charge in [-0.3, -0.25) is 0 Å². The third-order valence-corrected chi connectivity index (χ3v) is 4.45. The number of halogens is 1. The average molecular weight is 334 g/mol. The Kier molecular flexibility index (Phi) is 5.11. The van der Waals surface area contributed by atoms with Gasteiger partial charge in [-0.15, -0.1) is 0 Å². The molecule has 7 heteroatoms. The van der Waals surface area contributed by atoms with Crippen LogP contribution in [0.1, 0.15) is 36.3 Å². The van der Waals surface area contributed by atoms with Crippen molar-refractivity contribution in [2.75, 3.05) is 38.6 Å². The number of likely N-dealkylation sites (tertiary alicyclic amines) is 1. The second-order valence-corrected chi connectivity index (χ2v) is 6.47. The van der Waals surface area contributed by atoms with Crippen molar-refractivity contribution in [2.45, 2.75) is 24.9 Å². The lowest BCUT2D eigenvalue weighted by atomic mass is 9.96. The molecule has 1 aliphatic rings. The molecule has 0 radical (unpaired) electrons. The molecule has 2 heterocycles. The van der Waals surface area contributed by atoms with Gasteiger partial charge < -0.3 is 19.4 Å². The van der Waals surface area contributed by atoms with Crippen molar-refractivity contribution in [1.29, 1.82) is 0 Å². The standard InChI is InChI=1S/C17H23FN4O2/c1-21(2)17-19-16(24-20-17)13-7-9-22(10-8-13)11-15(23)12-3-5-14(18)6-4-12/h3-6,13,15,23H,7-11H2,1-2H3/t15-/m0/s1. The van der Waals surface area contributed by atoms with E-state index < -0.39 is 6.10 Å². The van der Waals surface area contributed by atoms with Gasteiger partial charge in [-0.05, 0) is 48.8 Å². The van der Waals surface area contributed by atoms with E-state index in [4.69, 9.17) is 4.52 Å². The number of anilines is 1. The number of piperidine rings is 1. The highest BCUT2D eigenvalue weighted by atomic mass is 19.1. The summed E-state index contributed by atoms with van der Waals surface area (Å²) in [6.07, 6.45) is 1.24. The molecule has 1 aliphatic heterocycles. The minimum absolute atomic E-state index is 0.269. The fraction of sp³-hybridized carbons (Fsp3) is 0.529. The van der Waals surface area contributed by atoms with E-state index in [1.165, 1.54) is 12.1 Å². The predicted molar refractivity (Wildman–Crippen MR) is 88.4 cm³/mol. The summed E-state index contributed by atoms with van der Waals surface area (Å²) in [6, 6.07) is 6.02. The second-order valence-electron chi connectivity index (χ2n) is 6.47. The molecular formula is C17H23FN4O2. The lowest BCUT2D eigenvalue weighted by Gasteiger charge is -2.31. The second kappa shape index (κ2) is 7.27. The van der Waals surface area contributed by atoms with Gasteiger partial charge in [-0.1, -0.05) is 12.1 Å². The molecule has 0 spiro atoms. The van der Waals surface area contributed by atoms with Gasteiger partial charge in [-0.25, -0.2) is 4.39 Å². The van der Waals surface area contributed by atoms with Gasteiger partial charge >= 0.3 is 0 Å². The molecule has 1 fully saturated rings. The van der Waals surface area contributed by atoms with Crippen LogP contribution in [0.5, 0.6) is 0 Å². The van der Waals surface area contributed by atoms with Crippen LogP contribution in [0, 0.1) is 5.82 Å². The monoisotopic (exact) mass is 334 g/mol. The van der Waals surface area contributed by atoms with E-state index >= 15 is 0 Å². The number of aromatic nitrogens is 2. The van der Waals surface area contributed by atoms with E-state index in [1.807, 2.05) is 19.0 Å². The number of hydrogen-bond donors (Lipinski definition) is 1. The Morgan fingerprint density at radius 3 is 2.54 bits per heavy atom. The molecule has 1 saturated heterocycles. The van der Waals surface area contributed by atoms with Crippen LogP contribution in [0.4, 0.5) is 10.3 Å². The maximum atomic E-state index is 12.9. The Bertz CT molecular complexity index is 651. The summed E-state index contributed by atoms with van der Waals surface area (Å²) in [4.78, 5) is 8.46. The van der Waals surface area contributed by atoms with Crippen LogP contribution in [-0.2, 0) is 0 Å². The summed E-state index contributed by atoms with van der Waals surface area (Å²) in [5, 5.41) is 14.3. The minimum Gasteiger partial charge on any atom is -0.387 e. The summed E-state index contributed by atoms with van der Waals surface area (Å²) in [5.41, 5.74) is 0.742. The van der Waals surface area contributed by atoms with Crippen LogP contribution in [0.15, 0.2) is 28.8 Å². The predicted octanol–water partition coefficient (Wildman–Crippen LogP) is 2.19. The maximum Gasteiger partial charge on any atom is 0.265 e. The van der Waals surface area contributed by atoms with Crippen molar-refractivity contribution >= 4 is 5.95 Å². The van der Waals surface area contributed by atoms with Crippen LogP contribution in [-0.4, -0.2) is 53.9 Å². The molecule has 2 aromatic rings. The number of rotatable bonds is 5. The van der Waals surface area contributed by atoms with E-state index in [-0.39, 0.29) is 11.7 Å².